The van der Waals surface area contributed by atoms with Crippen LogP contribution in [0.15, 0.2) is 48.5 Å². The first-order chi connectivity index (χ1) is 13.6. The molecule has 5 heteroatoms. The number of aryl methyl sites for hydroxylation is 1. The molecule has 0 heterocycles. The quantitative estimate of drug-likeness (QED) is 0.542. The topological polar surface area (TPSA) is 44.7 Å². The molecular weight excluding hydrogens is 368 g/mol. The molecule has 152 valence electrons. The molecule has 4 nitrogen and oxygen atoms in total. The van der Waals surface area contributed by atoms with Crippen LogP contribution < -0.4 is 10.1 Å². The summed E-state index contributed by atoms with van der Waals surface area (Å²) in [5, 5.41) is 14.0. The number of aromatic hydroxyl groups is 1. The normalized spacial score (nSPS) is 10.5. The van der Waals surface area contributed by atoms with Crippen LogP contribution in [-0.2, 0) is 12.8 Å². The first-order valence-corrected chi connectivity index (χ1v) is 10.5. The van der Waals surface area contributed by atoms with Crippen LogP contribution in [0.2, 0.25) is 0 Å². The monoisotopic (exact) mass is 400 g/mol. The molecule has 0 amide bonds. The summed E-state index contributed by atoms with van der Waals surface area (Å²) >= 11 is 5.65. The Balaban J connectivity index is 1.81. The lowest BCUT2D eigenvalue weighted by Gasteiger charge is -2.26. The van der Waals surface area contributed by atoms with Gasteiger partial charge in [-0.3, -0.25) is 0 Å². The van der Waals surface area contributed by atoms with Crippen molar-refractivity contribution in [2.45, 2.75) is 39.0 Å². The zero-order valence-electron chi connectivity index (χ0n) is 17.0. The SMILES string of the molecule is CCCCN(CCCc1ccc(O)c(OC)c1)C(=S)NCCc1ccccc1. The van der Waals surface area contributed by atoms with Gasteiger partial charge in [-0.15, -0.1) is 0 Å². The van der Waals surface area contributed by atoms with E-state index in [1.54, 1.807) is 13.2 Å². The van der Waals surface area contributed by atoms with Gasteiger partial charge < -0.3 is 20.1 Å². The molecule has 2 aromatic carbocycles. The highest BCUT2D eigenvalue weighted by atomic mass is 32.1. The average molecular weight is 401 g/mol. The molecule has 0 aliphatic heterocycles. The highest BCUT2D eigenvalue weighted by Crippen LogP contribution is 2.26. The molecule has 0 aliphatic carbocycles. The summed E-state index contributed by atoms with van der Waals surface area (Å²) in [6, 6.07) is 16.0. The van der Waals surface area contributed by atoms with Crippen LogP contribution in [0, 0.1) is 0 Å². The van der Waals surface area contributed by atoms with Gasteiger partial charge in [-0.25, -0.2) is 0 Å². The molecule has 0 spiro atoms. The van der Waals surface area contributed by atoms with E-state index in [1.165, 1.54) is 5.56 Å². The predicted molar refractivity (Wildman–Crippen MR) is 120 cm³/mol. The third-order valence-electron chi connectivity index (χ3n) is 4.74. The Bertz CT molecular complexity index is 722. The number of methoxy groups -OCH3 is 1. The van der Waals surface area contributed by atoms with Crippen molar-refractivity contribution in [1.82, 2.24) is 10.2 Å². The summed E-state index contributed by atoms with van der Waals surface area (Å²) in [6.07, 6.45) is 5.17. The summed E-state index contributed by atoms with van der Waals surface area (Å²) in [4.78, 5) is 2.28. The lowest BCUT2D eigenvalue weighted by Crippen LogP contribution is -2.41. The molecule has 2 rings (SSSR count). The van der Waals surface area contributed by atoms with Gasteiger partial charge in [0.1, 0.15) is 0 Å². The summed E-state index contributed by atoms with van der Waals surface area (Å²) < 4.78 is 5.19. The number of nitrogens with zero attached hydrogens (tertiary/aromatic N) is 1. The molecular formula is C23H32N2O2S. The van der Waals surface area contributed by atoms with Crippen molar-refractivity contribution >= 4 is 17.3 Å². The number of nitrogens with one attached hydrogen (secondary N) is 1. The van der Waals surface area contributed by atoms with Gasteiger partial charge in [0, 0.05) is 19.6 Å². The van der Waals surface area contributed by atoms with Crippen LogP contribution in [0.5, 0.6) is 11.5 Å². The lowest BCUT2D eigenvalue weighted by molar-refractivity contribution is 0.372. The Morgan fingerprint density at radius 3 is 2.50 bits per heavy atom. The largest absolute Gasteiger partial charge is 0.504 e. The molecule has 0 aromatic heterocycles. The minimum absolute atomic E-state index is 0.180. The number of phenolic OH excluding ortho intramolecular Hbond substituents is 1. The average Bonchev–Trinajstić information content (AvgIpc) is 2.72. The lowest BCUT2D eigenvalue weighted by atomic mass is 10.1. The summed E-state index contributed by atoms with van der Waals surface area (Å²) in [7, 11) is 1.57. The number of thiocarbonyl (C=S) groups is 1. The van der Waals surface area contributed by atoms with Gasteiger partial charge in [-0.1, -0.05) is 49.7 Å². The number of hydrogen-bond acceptors (Lipinski definition) is 3. The Hall–Kier alpha value is -2.27. The van der Waals surface area contributed by atoms with E-state index >= 15 is 0 Å². The van der Waals surface area contributed by atoms with Crippen LogP contribution in [0.25, 0.3) is 0 Å². The molecule has 0 unspecified atom stereocenters. The van der Waals surface area contributed by atoms with Crippen molar-refractivity contribution in [3.8, 4) is 11.5 Å². The molecule has 0 fully saturated rings. The van der Waals surface area contributed by atoms with Crippen LogP contribution in [0.4, 0.5) is 0 Å². The number of hydrogen-bond donors (Lipinski definition) is 2. The molecule has 0 saturated heterocycles. The zero-order chi connectivity index (χ0) is 20.2. The smallest absolute Gasteiger partial charge is 0.168 e. The van der Waals surface area contributed by atoms with Gasteiger partial charge >= 0.3 is 0 Å². The minimum Gasteiger partial charge on any atom is -0.504 e. The highest BCUT2D eigenvalue weighted by molar-refractivity contribution is 7.80. The van der Waals surface area contributed by atoms with E-state index in [2.05, 4.69) is 41.4 Å². The fourth-order valence-electron chi connectivity index (χ4n) is 3.09. The van der Waals surface area contributed by atoms with E-state index in [0.717, 1.165) is 62.4 Å². The second kappa shape index (κ2) is 12.2. The maximum atomic E-state index is 9.72. The van der Waals surface area contributed by atoms with E-state index in [0.29, 0.717) is 5.75 Å². The van der Waals surface area contributed by atoms with Crippen LogP contribution in [0.1, 0.15) is 37.3 Å². The standard InChI is InChI=1S/C23H32N2O2S/c1-3-4-16-25(23(28)24-15-14-19-9-6-5-7-10-19)17-8-11-20-12-13-21(26)22(18-20)27-2/h5-7,9-10,12-13,18,26H,3-4,8,11,14-17H2,1-2H3,(H,24,28). The van der Waals surface area contributed by atoms with Gasteiger partial charge in [-0.2, -0.15) is 0 Å². The minimum atomic E-state index is 0.180. The fourth-order valence-corrected chi connectivity index (χ4v) is 3.37. The van der Waals surface area contributed by atoms with Crippen LogP contribution in [0.3, 0.4) is 0 Å². The van der Waals surface area contributed by atoms with Crippen molar-refractivity contribution < 1.29 is 9.84 Å². The van der Waals surface area contributed by atoms with Crippen LogP contribution >= 0.6 is 12.2 Å². The number of benzene rings is 2. The van der Waals surface area contributed by atoms with E-state index in [-0.39, 0.29) is 5.75 Å². The third-order valence-corrected chi connectivity index (χ3v) is 5.14. The van der Waals surface area contributed by atoms with Crippen molar-refractivity contribution in [2.75, 3.05) is 26.7 Å². The Morgan fingerprint density at radius 2 is 1.79 bits per heavy atom. The van der Waals surface area contributed by atoms with E-state index in [4.69, 9.17) is 17.0 Å². The molecule has 2 aromatic rings. The van der Waals surface area contributed by atoms with E-state index < -0.39 is 0 Å². The van der Waals surface area contributed by atoms with Gasteiger partial charge in [0.25, 0.3) is 0 Å². The number of unbranched alkanes of at least 4 members (excludes halogenated alkanes) is 1. The molecule has 0 radical (unpaired) electrons. The maximum Gasteiger partial charge on any atom is 0.168 e. The second-order valence-corrected chi connectivity index (χ2v) is 7.30. The second-order valence-electron chi connectivity index (χ2n) is 6.92. The molecule has 0 aliphatic rings. The van der Waals surface area contributed by atoms with E-state index in [1.807, 2.05) is 18.2 Å². The van der Waals surface area contributed by atoms with Crippen molar-refractivity contribution in [1.29, 1.82) is 0 Å². The fraction of sp³-hybridized carbons (Fsp3) is 0.435. The van der Waals surface area contributed by atoms with Gasteiger partial charge in [0.05, 0.1) is 7.11 Å². The molecule has 28 heavy (non-hydrogen) atoms. The molecule has 2 N–H and O–H groups in total. The predicted octanol–water partition coefficient (Wildman–Crippen LogP) is 4.55. The summed E-state index contributed by atoms with van der Waals surface area (Å²) in [5.74, 6) is 0.707. The highest BCUT2D eigenvalue weighted by Gasteiger charge is 2.09. The van der Waals surface area contributed by atoms with Crippen LogP contribution in [-0.4, -0.2) is 41.9 Å². The number of ether oxygens (including phenoxy) is 1. The van der Waals surface area contributed by atoms with Gasteiger partial charge in [-0.05, 0) is 61.2 Å². The summed E-state index contributed by atoms with van der Waals surface area (Å²) in [6.45, 7) is 4.94. The van der Waals surface area contributed by atoms with Gasteiger partial charge in [0.2, 0.25) is 0 Å². The van der Waals surface area contributed by atoms with E-state index in [9.17, 15) is 5.11 Å². The first kappa shape index (κ1) is 22.0. The molecule has 0 bridgehead atoms. The number of phenols is 1. The van der Waals surface area contributed by atoms with Crippen molar-refractivity contribution in [3.63, 3.8) is 0 Å². The Kier molecular flexibility index (Phi) is 9.63. The first-order valence-electron chi connectivity index (χ1n) is 10.1. The molecule has 0 saturated carbocycles. The van der Waals surface area contributed by atoms with Gasteiger partial charge in [0.15, 0.2) is 16.6 Å². The summed E-state index contributed by atoms with van der Waals surface area (Å²) in [5.41, 5.74) is 2.48. The maximum absolute atomic E-state index is 9.72. The van der Waals surface area contributed by atoms with Crippen molar-refractivity contribution in [3.05, 3.63) is 59.7 Å². The number of rotatable bonds is 11. The molecule has 0 atom stereocenters. The zero-order valence-corrected chi connectivity index (χ0v) is 17.8. The van der Waals surface area contributed by atoms with Crippen molar-refractivity contribution in [2.24, 2.45) is 0 Å². The Labute approximate surface area is 174 Å². The Morgan fingerprint density at radius 1 is 1.04 bits per heavy atom. The third kappa shape index (κ3) is 7.39.